The van der Waals surface area contributed by atoms with Gasteiger partial charge in [-0.3, -0.25) is 24.0 Å². The summed E-state index contributed by atoms with van der Waals surface area (Å²) < 4.78 is 22.9. The maximum absolute atomic E-state index is 14.6. The third kappa shape index (κ3) is 4.70. The first-order valence-corrected chi connectivity index (χ1v) is 13.3. The van der Waals surface area contributed by atoms with Gasteiger partial charge in [-0.25, -0.2) is 4.79 Å². The summed E-state index contributed by atoms with van der Waals surface area (Å²) in [7, 11) is 0. The quantitative estimate of drug-likeness (QED) is 0.238. The lowest BCUT2D eigenvalue weighted by atomic mass is 9.49. The molecule has 0 aromatic heterocycles. The molecule has 1 N–H and O–H groups in total. The smallest absolute Gasteiger partial charge is 0.338 e. The molecular weight excluding hydrogens is 536 g/mol. The van der Waals surface area contributed by atoms with Gasteiger partial charge < -0.3 is 24.1 Å². The van der Waals surface area contributed by atoms with Crippen molar-refractivity contribution in [2.45, 2.75) is 78.0 Å². The molecule has 0 amide bonds. The van der Waals surface area contributed by atoms with Gasteiger partial charge in [0, 0.05) is 20.3 Å². The maximum Gasteiger partial charge on any atom is 0.338 e. The van der Waals surface area contributed by atoms with Gasteiger partial charge in [-0.1, -0.05) is 18.2 Å². The number of ether oxygens (including phenoxy) is 4. The molecular formula is C30H34O11. The minimum atomic E-state index is -1.97. The lowest BCUT2D eigenvalue weighted by Gasteiger charge is -2.63. The summed E-state index contributed by atoms with van der Waals surface area (Å²) in [4.78, 5) is 79.4. The molecule has 0 radical (unpaired) electrons. The highest BCUT2D eigenvalue weighted by atomic mass is 16.6. The molecule has 1 aromatic rings. The highest BCUT2D eigenvalue weighted by molar-refractivity contribution is 6.04. The molecule has 7 atom stereocenters. The Balaban J connectivity index is 2.04. The largest absolute Gasteiger partial charge is 0.453 e. The number of ketones is 2. The molecule has 1 saturated heterocycles. The first-order valence-electron chi connectivity index (χ1n) is 13.3. The van der Waals surface area contributed by atoms with Crippen molar-refractivity contribution in [2.24, 2.45) is 16.7 Å². The second-order valence-electron chi connectivity index (χ2n) is 11.6. The summed E-state index contributed by atoms with van der Waals surface area (Å²) in [6.45, 7) is 7.60. The maximum atomic E-state index is 14.6. The van der Waals surface area contributed by atoms with Gasteiger partial charge >= 0.3 is 17.9 Å². The van der Waals surface area contributed by atoms with E-state index in [0.717, 1.165) is 13.8 Å². The van der Waals surface area contributed by atoms with Gasteiger partial charge in [-0.05, 0) is 51.0 Å². The van der Waals surface area contributed by atoms with Crippen molar-refractivity contribution < 1.29 is 52.8 Å². The van der Waals surface area contributed by atoms with E-state index in [1.807, 2.05) is 0 Å². The fourth-order valence-corrected chi connectivity index (χ4v) is 6.70. The number of aliphatic hydroxyl groups excluding tert-OH is 1. The third-order valence-electron chi connectivity index (χ3n) is 8.70. The van der Waals surface area contributed by atoms with Crippen LogP contribution in [-0.2, 0) is 42.9 Å². The summed E-state index contributed by atoms with van der Waals surface area (Å²) in [5.74, 6) is -5.51. The van der Waals surface area contributed by atoms with Crippen molar-refractivity contribution in [3.05, 3.63) is 47.0 Å². The third-order valence-corrected chi connectivity index (χ3v) is 8.70. The first-order chi connectivity index (χ1) is 19.1. The number of aliphatic hydroxyl groups is 1. The molecule has 2 aliphatic carbocycles. The topological polar surface area (TPSA) is 160 Å². The highest BCUT2D eigenvalue weighted by Crippen LogP contribution is 2.59. The van der Waals surface area contributed by atoms with Crippen LogP contribution in [0.5, 0.6) is 0 Å². The molecule has 3 aliphatic rings. The molecule has 1 aliphatic heterocycles. The van der Waals surface area contributed by atoms with Gasteiger partial charge in [0.05, 0.1) is 35.0 Å². The number of benzene rings is 1. The molecule has 1 aromatic carbocycles. The second kappa shape index (κ2) is 10.6. The number of carbonyl (C=O) groups excluding carboxylic acids is 6. The Morgan fingerprint density at radius 2 is 1.61 bits per heavy atom. The van der Waals surface area contributed by atoms with E-state index in [4.69, 9.17) is 18.9 Å². The number of allylic oxidation sites excluding steroid dienone is 1. The van der Waals surface area contributed by atoms with Crippen molar-refractivity contribution in [1.82, 2.24) is 0 Å². The van der Waals surface area contributed by atoms with Crippen LogP contribution < -0.4 is 0 Å². The van der Waals surface area contributed by atoms with E-state index in [0.29, 0.717) is 6.29 Å². The lowest BCUT2D eigenvalue weighted by molar-refractivity contribution is -0.328. The van der Waals surface area contributed by atoms with E-state index in [9.17, 15) is 33.9 Å². The number of hydrogen-bond donors (Lipinski definition) is 1. The van der Waals surface area contributed by atoms with E-state index in [1.54, 1.807) is 18.2 Å². The Bertz CT molecular complexity index is 1330. The molecule has 0 unspecified atom stereocenters. The minimum Gasteiger partial charge on any atom is -0.453 e. The van der Waals surface area contributed by atoms with Crippen LogP contribution in [0.2, 0.25) is 0 Å². The summed E-state index contributed by atoms with van der Waals surface area (Å²) in [6.07, 6.45) is -5.64. The van der Waals surface area contributed by atoms with Crippen LogP contribution in [0.15, 0.2) is 41.5 Å². The van der Waals surface area contributed by atoms with Crippen LogP contribution in [0.4, 0.5) is 0 Å². The van der Waals surface area contributed by atoms with Crippen LogP contribution >= 0.6 is 0 Å². The van der Waals surface area contributed by atoms with Crippen LogP contribution in [0.25, 0.3) is 0 Å². The molecule has 11 heteroatoms. The van der Waals surface area contributed by atoms with Crippen molar-refractivity contribution in [2.75, 3.05) is 6.61 Å². The molecule has 11 nitrogen and oxygen atoms in total. The number of fused-ring (bicyclic) bond motifs is 3. The zero-order valence-corrected chi connectivity index (χ0v) is 23.8. The van der Waals surface area contributed by atoms with E-state index in [1.165, 1.54) is 39.8 Å². The van der Waals surface area contributed by atoms with Crippen LogP contribution in [0, 0.1) is 16.7 Å². The Labute approximate surface area is 237 Å². The zero-order valence-electron chi connectivity index (χ0n) is 23.8. The fourth-order valence-electron chi connectivity index (χ4n) is 6.70. The van der Waals surface area contributed by atoms with Crippen molar-refractivity contribution >= 4 is 35.8 Å². The predicted molar refractivity (Wildman–Crippen MR) is 140 cm³/mol. The number of esters is 3. The van der Waals surface area contributed by atoms with Crippen molar-refractivity contribution in [3.8, 4) is 0 Å². The number of carbonyl (C=O) groups is 6. The minimum absolute atomic E-state index is 0.0389. The number of rotatable bonds is 5. The van der Waals surface area contributed by atoms with E-state index in [-0.39, 0.29) is 29.7 Å². The molecule has 41 heavy (non-hydrogen) atoms. The van der Waals surface area contributed by atoms with Crippen LogP contribution in [-0.4, -0.2) is 77.5 Å². The molecule has 220 valence electrons. The molecule has 3 fully saturated rings. The normalized spacial score (nSPS) is 35.3. The second-order valence-corrected chi connectivity index (χ2v) is 11.6. The number of aldehydes is 1. The average molecular weight is 571 g/mol. The lowest BCUT2D eigenvalue weighted by Crippen LogP contribution is -2.79. The standard InChI is InChI=1S/C30H34O11/c1-15(13-31)21-22(39-16(2)32)26(36)29(6)19(34)12-20-30(14-38-20,41-17(3)33)24(29)23(25(35)28(21,4)5)40-27(37)18-10-8-7-9-11-18/h7-11,13,19-20,22-24,34H,12,14H2,1-6H3/b21-15-/t19-,20+,22+,23-,24-,29+,30-/m0/s1. The summed E-state index contributed by atoms with van der Waals surface area (Å²) in [5, 5.41) is 11.5. The van der Waals surface area contributed by atoms with Gasteiger partial charge in [-0.15, -0.1) is 0 Å². The van der Waals surface area contributed by atoms with E-state index < -0.39 is 76.2 Å². The first kappa shape index (κ1) is 30.3. The van der Waals surface area contributed by atoms with Gasteiger partial charge in [-0.2, -0.15) is 0 Å². The van der Waals surface area contributed by atoms with Crippen LogP contribution in [0.1, 0.15) is 58.3 Å². The average Bonchev–Trinajstić information content (AvgIpc) is 2.91. The Morgan fingerprint density at radius 1 is 0.976 bits per heavy atom. The van der Waals surface area contributed by atoms with Gasteiger partial charge in [0.2, 0.25) is 0 Å². The summed E-state index contributed by atoms with van der Waals surface area (Å²) in [6, 6.07) is 7.86. The fraction of sp³-hybridized carbons (Fsp3) is 0.533. The van der Waals surface area contributed by atoms with Gasteiger partial charge in [0.15, 0.2) is 29.4 Å². The Morgan fingerprint density at radius 3 is 2.12 bits per heavy atom. The summed E-state index contributed by atoms with van der Waals surface area (Å²) in [5.41, 5.74) is -5.33. The predicted octanol–water partition coefficient (Wildman–Crippen LogP) is 1.92. The van der Waals surface area contributed by atoms with E-state index >= 15 is 0 Å². The molecule has 4 rings (SSSR count). The van der Waals surface area contributed by atoms with Gasteiger partial charge in [0.25, 0.3) is 0 Å². The monoisotopic (exact) mass is 570 g/mol. The molecule has 2 saturated carbocycles. The zero-order chi connectivity index (χ0) is 30.5. The van der Waals surface area contributed by atoms with Gasteiger partial charge in [0.1, 0.15) is 12.4 Å². The number of hydrogen-bond acceptors (Lipinski definition) is 11. The molecule has 1 heterocycles. The molecule has 0 bridgehead atoms. The SMILES string of the molecule is CC(=O)O[C@H]1C(=O)[C@@]2(C)[C@H]([C@H](OC(=O)c3ccccc3)C(=O)C(C)(C)/C1=C(/C)C=O)[C@]1(OC(C)=O)CO[C@@H]1C[C@@H]2O. The van der Waals surface area contributed by atoms with Crippen molar-refractivity contribution in [1.29, 1.82) is 0 Å². The summed E-state index contributed by atoms with van der Waals surface area (Å²) >= 11 is 0. The van der Waals surface area contributed by atoms with Crippen molar-refractivity contribution in [3.63, 3.8) is 0 Å². The molecule has 0 spiro atoms. The Hall–Kier alpha value is -3.70. The van der Waals surface area contributed by atoms with E-state index in [2.05, 4.69) is 0 Å². The Kier molecular flexibility index (Phi) is 7.83. The van der Waals surface area contributed by atoms with Crippen LogP contribution in [0.3, 0.4) is 0 Å². The number of Topliss-reactive ketones (excluding diaryl/α,β-unsaturated/α-hetero) is 2. The highest BCUT2D eigenvalue weighted by Gasteiger charge is 2.75.